The van der Waals surface area contributed by atoms with Gasteiger partial charge in [-0.2, -0.15) is 0 Å². The van der Waals surface area contributed by atoms with Crippen LogP contribution in [0.5, 0.6) is 0 Å². The molecular formula is C24H41N5OS. The molecule has 2 fully saturated rings. The molecule has 31 heavy (non-hydrogen) atoms. The molecule has 1 heterocycles. The first-order valence-electron chi connectivity index (χ1n) is 12.0. The maximum atomic E-state index is 12.2. The van der Waals surface area contributed by atoms with Gasteiger partial charge in [0.25, 0.3) is 0 Å². The van der Waals surface area contributed by atoms with E-state index in [0.29, 0.717) is 11.3 Å². The van der Waals surface area contributed by atoms with E-state index in [0.717, 1.165) is 83.1 Å². The fourth-order valence-corrected chi connectivity index (χ4v) is 6.05. The van der Waals surface area contributed by atoms with Gasteiger partial charge in [0.05, 0.1) is 0 Å². The van der Waals surface area contributed by atoms with Crippen molar-refractivity contribution in [3.05, 3.63) is 29.8 Å². The van der Waals surface area contributed by atoms with E-state index in [1.807, 2.05) is 14.0 Å². The van der Waals surface area contributed by atoms with Gasteiger partial charge in [-0.3, -0.25) is 14.1 Å². The van der Waals surface area contributed by atoms with Crippen LogP contribution < -0.4 is 15.5 Å². The van der Waals surface area contributed by atoms with Gasteiger partial charge in [-0.25, -0.2) is 0 Å². The zero-order chi connectivity index (χ0) is 22.1. The van der Waals surface area contributed by atoms with Crippen molar-refractivity contribution in [2.24, 2.45) is 4.99 Å². The lowest BCUT2D eigenvalue weighted by molar-refractivity contribution is 0.255. The van der Waals surface area contributed by atoms with Crippen LogP contribution in [0.2, 0.25) is 0 Å². The largest absolute Gasteiger partial charge is 0.369 e. The third-order valence-electron chi connectivity index (χ3n) is 6.53. The number of aryl methyl sites for hydroxylation is 1. The highest BCUT2D eigenvalue weighted by atomic mass is 32.2. The Morgan fingerprint density at radius 3 is 2.74 bits per heavy atom. The summed E-state index contributed by atoms with van der Waals surface area (Å²) in [6.45, 7) is 10.7. The molecule has 0 aromatic heterocycles. The Morgan fingerprint density at radius 2 is 2.03 bits per heavy atom. The third-order valence-corrected chi connectivity index (χ3v) is 8.27. The molecule has 3 atom stereocenters. The molecule has 1 aromatic carbocycles. The summed E-state index contributed by atoms with van der Waals surface area (Å²) in [5, 5.41) is 7.39. The quantitative estimate of drug-likeness (QED) is 0.365. The Labute approximate surface area is 191 Å². The van der Waals surface area contributed by atoms with Gasteiger partial charge < -0.3 is 15.5 Å². The Morgan fingerprint density at radius 1 is 1.23 bits per heavy atom. The van der Waals surface area contributed by atoms with Gasteiger partial charge in [0.2, 0.25) is 0 Å². The minimum Gasteiger partial charge on any atom is -0.369 e. The highest BCUT2D eigenvalue weighted by Gasteiger charge is 2.26. The van der Waals surface area contributed by atoms with Crippen LogP contribution in [0.25, 0.3) is 0 Å². The number of hydrogen-bond acceptors (Lipinski definition) is 4. The molecule has 6 nitrogen and oxygen atoms in total. The monoisotopic (exact) mass is 447 g/mol. The van der Waals surface area contributed by atoms with Crippen molar-refractivity contribution in [1.29, 1.82) is 0 Å². The number of hydrogen-bond donors (Lipinski definition) is 2. The third kappa shape index (κ3) is 7.49. The zero-order valence-electron chi connectivity index (χ0n) is 19.6. The van der Waals surface area contributed by atoms with Crippen molar-refractivity contribution in [3.63, 3.8) is 0 Å². The smallest absolute Gasteiger partial charge is 0.191 e. The molecule has 2 N–H and O–H groups in total. The van der Waals surface area contributed by atoms with Crippen molar-refractivity contribution < 1.29 is 4.21 Å². The van der Waals surface area contributed by atoms with Crippen LogP contribution in [0, 0.1) is 6.92 Å². The molecule has 0 spiro atoms. The topological polar surface area (TPSA) is 60.0 Å². The normalized spacial score (nSPS) is 24.1. The van der Waals surface area contributed by atoms with Gasteiger partial charge in [-0.15, -0.1) is 0 Å². The average Bonchev–Trinajstić information content (AvgIpc) is 2.81. The summed E-state index contributed by atoms with van der Waals surface area (Å²) in [7, 11) is 1.15. The van der Waals surface area contributed by atoms with E-state index >= 15 is 0 Å². The standard InChI is InChI=1S/C24H41N5OS/c1-4-31(30)23-11-6-9-21(19-23)27-24(25-3)26-12-7-13-28-14-16-29(17-15-28)22-10-5-8-20(2)18-22/h5,8,10,18,21,23H,4,6-7,9,11-17,19H2,1-3H3,(H2,25,26,27). The van der Waals surface area contributed by atoms with Crippen LogP contribution in [0.1, 0.15) is 44.6 Å². The van der Waals surface area contributed by atoms with Gasteiger partial charge in [0, 0.05) is 73.3 Å². The molecule has 3 rings (SSSR count). The average molecular weight is 448 g/mol. The molecule has 1 saturated carbocycles. The number of aliphatic imine (C=N–C) groups is 1. The predicted molar refractivity (Wildman–Crippen MR) is 134 cm³/mol. The van der Waals surface area contributed by atoms with E-state index in [1.165, 1.54) is 11.3 Å². The minimum atomic E-state index is -0.686. The van der Waals surface area contributed by atoms with E-state index in [4.69, 9.17) is 0 Å². The van der Waals surface area contributed by atoms with E-state index in [-0.39, 0.29) is 0 Å². The molecule has 7 heteroatoms. The van der Waals surface area contributed by atoms with Crippen LogP contribution in [0.4, 0.5) is 5.69 Å². The molecule has 3 unspecified atom stereocenters. The van der Waals surface area contributed by atoms with Crippen molar-refractivity contribution in [2.45, 2.75) is 57.2 Å². The van der Waals surface area contributed by atoms with Crippen molar-refractivity contribution in [1.82, 2.24) is 15.5 Å². The Balaban J connectivity index is 1.32. The summed E-state index contributed by atoms with van der Waals surface area (Å²) in [5.41, 5.74) is 2.68. The van der Waals surface area contributed by atoms with Gasteiger partial charge in [-0.05, 0) is 56.8 Å². The summed E-state index contributed by atoms with van der Waals surface area (Å²) in [6, 6.07) is 9.20. The Hall–Kier alpha value is -1.60. The first kappa shape index (κ1) is 24.1. The van der Waals surface area contributed by atoms with Crippen LogP contribution in [-0.2, 0) is 10.8 Å². The van der Waals surface area contributed by atoms with Crippen LogP contribution >= 0.6 is 0 Å². The number of guanidine groups is 1. The Kier molecular flexibility index (Phi) is 9.65. The van der Waals surface area contributed by atoms with Gasteiger partial charge in [-0.1, -0.05) is 25.5 Å². The fraction of sp³-hybridized carbons (Fsp3) is 0.708. The second kappa shape index (κ2) is 12.4. The summed E-state index contributed by atoms with van der Waals surface area (Å²) in [4.78, 5) is 9.47. The van der Waals surface area contributed by atoms with E-state index < -0.39 is 10.8 Å². The minimum absolute atomic E-state index is 0.341. The Bertz CT molecular complexity index is 732. The van der Waals surface area contributed by atoms with Crippen molar-refractivity contribution in [3.8, 4) is 0 Å². The lowest BCUT2D eigenvalue weighted by atomic mass is 9.95. The summed E-state index contributed by atoms with van der Waals surface area (Å²) in [6.07, 6.45) is 5.50. The summed E-state index contributed by atoms with van der Waals surface area (Å²) in [5.74, 6) is 1.65. The molecular weight excluding hydrogens is 406 g/mol. The highest BCUT2D eigenvalue weighted by molar-refractivity contribution is 7.85. The molecule has 1 aliphatic heterocycles. The molecule has 0 bridgehead atoms. The molecule has 2 aliphatic rings. The SMILES string of the molecule is CCS(=O)C1CCCC(NC(=NC)NCCCN2CCN(c3cccc(C)c3)CC2)C1. The summed E-state index contributed by atoms with van der Waals surface area (Å²) < 4.78 is 12.2. The highest BCUT2D eigenvalue weighted by Crippen LogP contribution is 2.23. The van der Waals surface area contributed by atoms with Crippen molar-refractivity contribution in [2.75, 3.05) is 57.0 Å². The van der Waals surface area contributed by atoms with Crippen molar-refractivity contribution >= 4 is 22.4 Å². The molecule has 1 aliphatic carbocycles. The lowest BCUT2D eigenvalue weighted by Gasteiger charge is -2.36. The van der Waals surface area contributed by atoms with E-state index in [1.54, 1.807) is 0 Å². The number of nitrogens with one attached hydrogen (secondary N) is 2. The second-order valence-corrected chi connectivity index (χ2v) is 10.8. The molecule has 1 aromatic rings. The predicted octanol–water partition coefficient (Wildman–Crippen LogP) is 2.75. The number of piperazine rings is 1. The molecule has 174 valence electrons. The van der Waals surface area contributed by atoms with Crippen LogP contribution in [-0.4, -0.2) is 78.4 Å². The zero-order valence-corrected chi connectivity index (χ0v) is 20.4. The number of rotatable bonds is 8. The van der Waals surface area contributed by atoms with Gasteiger partial charge in [0.1, 0.15) is 0 Å². The van der Waals surface area contributed by atoms with Gasteiger partial charge >= 0.3 is 0 Å². The second-order valence-electron chi connectivity index (χ2n) is 8.82. The number of benzene rings is 1. The van der Waals surface area contributed by atoms with E-state index in [9.17, 15) is 4.21 Å². The lowest BCUT2D eigenvalue weighted by Crippen LogP contribution is -2.48. The maximum absolute atomic E-state index is 12.2. The molecule has 0 amide bonds. The molecule has 1 saturated heterocycles. The van der Waals surface area contributed by atoms with E-state index in [2.05, 4.69) is 56.6 Å². The fourth-order valence-electron chi connectivity index (χ4n) is 4.70. The van der Waals surface area contributed by atoms with Crippen LogP contribution in [0.3, 0.4) is 0 Å². The summed E-state index contributed by atoms with van der Waals surface area (Å²) >= 11 is 0. The molecule has 0 radical (unpaired) electrons. The number of anilines is 1. The van der Waals surface area contributed by atoms with Crippen LogP contribution in [0.15, 0.2) is 29.3 Å². The maximum Gasteiger partial charge on any atom is 0.191 e. The first-order valence-corrected chi connectivity index (χ1v) is 13.4. The van der Waals surface area contributed by atoms with Gasteiger partial charge in [0.15, 0.2) is 5.96 Å². The number of nitrogens with zero attached hydrogens (tertiary/aromatic N) is 3. The first-order chi connectivity index (χ1) is 15.1.